The van der Waals surface area contributed by atoms with Crippen LogP contribution in [0.3, 0.4) is 0 Å². The van der Waals surface area contributed by atoms with E-state index in [2.05, 4.69) is 15.5 Å². The number of nitriles is 1. The lowest BCUT2D eigenvalue weighted by atomic mass is 9.98. The van der Waals surface area contributed by atoms with Crippen LogP contribution in [0.1, 0.15) is 29.8 Å². The van der Waals surface area contributed by atoms with Gasteiger partial charge in [0.1, 0.15) is 4.90 Å². The number of nitrogens with zero attached hydrogens (tertiary/aromatic N) is 3. The highest BCUT2D eigenvalue weighted by Gasteiger charge is 2.35. The molecule has 1 atom stereocenters. The first kappa shape index (κ1) is 19.1. The van der Waals surface area contributed by atoms with Crippen LogP contribution in [0.25, 0.3) is 0 Å². The second-order valence-corrected chi connectivity index (χ2v) is 8.52. The van der Waals surface area contributed by atoms with E-state index in [1.54, 1.807) is 38.1 Å². The number of sulfonamides is 1. The van der Waals surface area contributed by atoms with Gasteiger partial charge in [0.2, 0.25) is 15.9 Å². The van der Waals surface area contributed by atoms with Crippen molar-refractivity contribution >= 4 is 21.6 Å². The first-order valence-corrected chi connectivity index (χ1v) is 10.1. The first-order chi connectivity index (χ1) is 12.8. The zero-order valence-corrected chi connectivity index (χ0v) is 16.0. The molecule has 3 rings (SSSR count). The summed E-state index contributed by atoms with van der Waals surface area (Å²) in [6.45, 7) is 3.81. The molecule has 142 valence electrons. The molecule has 2 heterocycles. The summed E-state index contributed by atoms with van der Waals surface area (Å²) in [7, 11) is -3.71. The molecule has 27 heavy (non-hydrogen) atoms. The Bertz CT molecular complexity index is 987. The van der Waals surface area contributed by atoms with Crippen molar-refractivity contribution < 1.29 is 13.2 Å². The van der Waals surface area contributed by atoms with E-state index in [9.17, 15) is 13.2 Å². The number of aromatic amines is 1. The molecule has 2 aromatic rings. The number of anilines is 1. The fourth-order valence-corrected chi connectivity index (χ4v) is 5.19. The molecule has 1 aromatic carbocycles. The number of benzene rings is 1. The van der Waals surface area contributed by atoms with Crippen LogP contribution >= 0.6 is 0 Å². The van der Waals surface area contributed by atoms with Crippen molar-refractivity contribution in [1.82, 2.24) is 14.5 Å². The van der Waals surface area contributed by atoms with E-state index < -0.39 is 15.9 Å². The molecule has 0 saturated carbocycles. The van der Waals surface area contributed by atoms with E-state index in [4.69, 9.17) is 5.26 Å². The summed E-state index contributed by atoms with van der Waals surface area (Å²) in [5.41, 5.74) is 1.90. The predicted molar refractivity (Wildman–Crippen MR) is 99.3 cm³/mol. The van der Waals surface area contributed by atoms with Gasteiger partial charge in [-0.2, -0.15) is 14.7 Å². The third-order valence-corrected chi connectivity index (χ3v) is 6.80. The normalized spacial score (nSPS) is 18.0. The first-order valence-electron chi connectivity index (χ1n) is 8.65. The van der Waals surface area contributed by atoms with Crippen molar-refractivity contribution in [1.29, 1.82) is 5.26 Å². The van der Waals surface area contributed by atoms with Crippen LogP contribution in [-0.4, -0.2) is 41.9 Å². The summed E-state index contributed by atoms with van der Waals surface area (Å²) in [6.07, 6.45) is 1.21. The third kappa shape index (κ3) is 3.86. The van der Waals surface area contributed by atoms with Crippen molar-refractivity contribution in [2.45, 2.75) is 31.6 Å². The zero-order valence-electron chi connectivity index (χ0n) is 15.2. The Kier molecular flexibility index (Phi) is 5.30. The molecule has 0 radical (unpaired) electrons. The lowest BCUT2D eigenvalue weighted by Gasteiger charge is -2.31. The zero-order chi connectivity index (χ0) is 19.6. The van der Waals surface area contributed by atoms with Crippen LogP contribution in [-0.2, 0) is 14.8 Å². The summed E-state index contributed by atoms with van der Waals surface area (Å²) in [5, 5.41) is 18.4. The van der Waals surface area contributed by atoms with Crippen LogP contribution < -0.4 is 5.32 Å². The Morgan fingerprint density at radius 3 is 2.85 bits per heavy atom. The van der Waals surface area contributed by atoms with E-state index in [0.29, 0.717) is 42.0 Å². The lowest BCUT2D eigenvalue weighted by Crippen LogP contribution is -2.43. The number of amides is 1. The molecule has 0 spiro atoms. The van der Waals surface area contributed by atoms with Gasteiger partial charge in [-0.15, -0.1) is 0 Å². The van der Waals surface area contributed by atoms with Gasteiger partial charge >= 0.3 is 0 Å². The Balaban J connectivity index is 1.76. The number of piperidine rings is 1. The van der Waals surface area contributed by atoms with Gasteiger partial charge in [0.15, 0.2) is 0 Å². The number of H-pyrrole nitrogens is 1. The number of nitrogens with one attached hydrogen (secondary N) is 2. The number of rotatable bonds is 4. The maximum absolute atomic E-state index is 13.0. The number of hydrogen-bond acceptors (Lipinski definition) is 5. The number of aryl methyl sites for hydroxylation is 2. The molecule has 1 saturated heterocycles. The maximum Gasteiger partial charge on any atom is 0.246 e. The Labute approximate surface area is 158 Å². The van der Waals surface area contributed by atoms with Gasteiger partial charge in [0.05, 0.1) is 28.9 Å². The monoisotopic (exact) mass is 387 g/mol. The molecule has 8 nitrogen and oxygen atoms in total. The van der Waals surface area contributed by atoms with Crippen molar-refractivity contribution in [3.8, 4) is 6.07 Å². The SMILES string of the molecule is Cc1n[nH]c(C)c1S(=O)(=O)N1CCCC(C(=O)Nc2cccc(C#N)c2)C1. The van der Waals surface area contributed by atoms with Gasteiger partial charge in [-0.3, -0.25) is 9.89 Å². The van der Waals surface area contributed by atoms with E-state index in [1.807, 2.05) is 6.07 Å². The Morgan fingerprint density at radius 2 is 2.19 bits per heavy atom. The average Bonchev–Trinajstić information content (AvgIpc) is 3.01. The summed E-state index contributed by atoms with van der Waals surface area (Å²) in [4.78, 5) is 12.8. The minimum Gasteiger partial charge on any atom is -0.326 e. The van der Waals surface area contributed by atoms with Crippen molar-refractivity contribution in [2.75, 3.05) is 18.4 Å². The van der Waals surface area contributed by atoms with Gasteiger partial charge in [0.25, 0.3) is 0 Å². The largest absolute Gasteiger partial charge is 0.326 e. The number of carbonyl (C=O) groups is 1. The molecule has 0 aliphatic carbocycles. The highest BCUT2D eigenvalue weighted by Crippen LogP contribution is 2.27. The number of hydrogen-bond donors (Lipinski definition) is 2. The van der Waals surface area contributed by atoms with Crippen LogP contribution in [0.2, 0.25) is 0 Å². The average molecular weight is 387 g/mol. The van der Waals surface area contributed by atoms with E-state index >= 15 is 0 Å². The molecule has 1 aliphatic rings. The quantitative estimate of drug-likeness (QED) is 0.831. The highest BCUT2D eigenvalue weighted by molar-refractivity contribution is 7.89. The van der Waals surface area contributed by atoms with E-state index in [1.165, 1.54) is 4.31 Å². The van der Waals surface area contributed by atoms with Crippen LogP contribution in [0.4, 0.5) is 5.69 Å². The van der Waals surface area contributed by atoms with Gasteiger partial charge < -0.3 is 5.32 Å². The van der Waals surface area contributed by atoms with Gasteiger partial charge in [-0.25, -0.2) is 8.42 Å². The fourth-order valence-electron chi connectivity index (χ4n) is 3.34. The molecule has 0 bridgehead atoms. The molecule has 9 heteroatoms. The molecule has 2 N–H and O–H groups in total. The van der Waals surface area contributed by atoms with Crippen LogP contribution in [0.5, 0.6) is 0 Å². The number of aromatic nitrogens is 2. The molecule has 1 amide bonds. The van der Waals surface area contributed by atoms with Gasteiger partial charge in [-0.1, -0.05) is 6.07 Å². The third-order valence-electron chi connectivity index (χ3n) is 4.67. The predicted octanol–water partition coefficient (Wildman–Crippen LogP) is 1.94. The van der Waals surface area contributed by atoms with Crippen molar-refractivity contribution in [3.63, 3.8) is 0 Å². The summed E-state index contributed by atoms with van der Waals surface area (Å²) in [6, 6.07) is 8.66. The molecule has 1 unspecified atom stereocenters. The summed E-state index contributed by atoms with van der Waals surface area (Å²) in [5.74, 6) is -0.697. The maximum atomic E-state index is 13.0. The van der Waals surface area contributed by atoms with E-state index in [0.717, 1.165) is 0 Å². The molecular weight excluding hydrogens is 366 g/mol. The fraction of sp³-hybridized carbons (Fsp3) is 0.389. The highest BCUT2D eigenvalue weighted by atomic mass is 32.2. The van der Waals surface area contributed by atoms with Crippen LogP contribution in [0.15, 0.2) is 29.2 Å². The smallest absolute Gasteiger partial charge is 0.246 e. The molecule has 1 fully saturated rings. The minimum absolute atomic E-state index is 0.121. The van der Waals surface area contributed by atoms with Crippen molar-refractivity contribution in [2.24, 2.45) is 5.92 Å². The van der Waals surface area contributed by atoms with Gasteiger partial charge in [0, 0.05) is 18.8 Å². The summed E-state index contributed by atoms with van der Waals surface area (Å²) < 4.78 is 27.4. The topological polar surface area (TPSA) is 119 Å². The lowest BCUT2D eigenvalue weighted by molar-refractivity contribution is -0.120. The van der Waals surface area contributed by atoms with Crippen molar-refractivity contribution in [3.05, 3.63) is 41.2 Å². The number of carbonyl (C=O) groups excluding carboxylic acids is 1. The van der Waals surface area contributed by atoms with Crippen LogP contribution in [0, 0.1) is 31.1 Å². The second kappa shape index (κ2) is 7.50. The standard InChI is InChI=1S/C18H21N5O3S/c1-12-17(13(2)22-21-12)27(25,26)23-8-4-6-15(11-23)18(24)20-16-7-3-5-14(9-16)10-19/h3,5,7,9,15H,4,6,8,11H2,1-2H3,(H,20,24)(H,21,22). The van der Waals surface area contributed by atoms with Gasteiger partial charge in [-0.05, 0) is 44.9 Å². The molecule has 1 aliphatic heterocycles. The minimum atomic E-state index is -3.71. The second-order valence-electron chi connectivity index (χ2n) is 6.65. The molecule has 1 aromatic heterocycles. The van der Waals surface area contributed by atoms with E-state index in [-0.39, 0.29) is 17.3 Å². The Morgan fingerprint density at radius 1 is 1.41 bits per heavy atom. The Hall–Kier alpha value is -2.70. The summed E-state index contributed by atoms with van der Waals surface area (Å²) >= 11 is 0. The molecular formula is C18H21N5O3S.